The Morgan fingerprint density at radius 2 is 2.29 bits per heavy atom. The number of aromatic nitrogens is 3. The number of aryl methyl sites for hydroxylation is 1. The minimum absolute atomic E-state index is 0. The molecule has 134 valence electrons. The molecule has 0 aromatic carbocycles. The number of halogens is 2. The summed E-state index contributed by atoms with van der Waals surface area (Å²) in [5.41, 5.74) is 1.12. The Bertz CT molecular complexity index is 634. The Morgan fingerprint density at radius 3 is 2.88 bits per heavy atom. The fraction of sp³-hybridized carbons (Fsp3) is 0.533. The van der Waals surface area contributed by atoms with Gasteiger partial charge in [-0.2, -0.15) is 5.10 Å². The first-order chi connectivity index (χ1) is 10.7. The Hall–Kier alpha value is -1.15. The third kappa shape index (κ3) is 4.47. The second-order valence-electron chi connectivity index (χ2n) is 5.66. The molecule has 3 rings (SSSR count). The van der Waals surface area contributed by atoms with Crippen molar-refractivity contribution in [2.45, 2.75) is 25.3 Å². The van der Waals surface area contributed by atoms with E-state index in [0.717, 1.165) is 23.5 Å². The number of thiazole rings is 1. The van der Waals surface area contributed by atoms with Gasteiger partial charge in [0.1, 0.15) is 5.01 Å². The molecule has 3 heterocycles. The van der Waals surface area contributed by atoms with Crippen LogP contribution in [0.4, 0.5) is 0 Å². The van der Waals surface area contributed by atoms with Crippen LogP contribution in [0.2, 0.25) is 0 Å². The van der Waals surface area contributed by atoms with Crippen molar-refractivity contribution in [2.75, 3.05) is 13.1 Å². The molecule has 9 heteroatoms. The highest BCUT2D eigenvalue weighted by atomic mass is 35.5. The van der Waals surface area contributed by atoms with Crippen molar-refractivity contribution < 1.29 is 4.79 Å². The number of carbonyl (C=O) groups is 1. The van der Waals surface area contributed by atoms with Gasteiger partial charge in [-0.05, 0) is 12.0 Å². The van der Waals surface area contributed by atoms with Gasteiger partial charge in [0.15, 0.2) is 0 Å². The molecule has 0 aliphatic carbocycles. The zero-order valence-corrected chi connectivity index (χ0v) is 16.1. The maximum Gasteiger partial charge on any atom is 0.225 e. The van der Waals surface area contributed by atoms with Gasteiger partial charge in [0.2, 0.25) is 5.91 Å². The highest BCUT2D eigenvalue weighted by Gasteiger charge is 2.35. The molecule has 6 nitrogen and oxygen atoms in total. The molecule has 1 fully saturated rings. The molecule has 2 aromatic heterocycles. The number of hydrogen-bond donors (Lipinski definition) is 2. The van der Waals surface area contributed by atoms with Crippen LogP contribution in [0.3, 0.4) is 0 Å². The summed E-state index contributed by atoms with van der Waals surface area (Å²) < 4.78 is 1.78. The fourth-order valence-corrected chi connectivity index (χ4v) is 3.73. The summed E-state index contributed by atoms with van der Waals surface area (Å²) in [6.07, 6.45) is 6.48. The van der Waals surface area contributed by atoms with Gasteiger partial charge in [-0.3, -0.25) is 9.48 Å². The summed E-state index contributed by atoms with van der Waals surface area (Å²) in [4.78, 5) is 17.0. The van der Waals surface area contributed by atoms with Crippen LogP contribution in [0.15, 0.2) is 24.0 Å². The number of rotatable bonds is 5. The molecule has 1 saturated heterocycles. The maximum absolute atomic E-state index is 12.7. The normalized spacial score (nSPS) is 20.8. The van der Waals surface area contributed by atoms with Crippen LogP contribution in [0.25, 0.3) is 0 Å². The van der Waals surface area contributed by atoms with E-state index in [-0.39, 0.29) is 48.6 Å². The van der Waals surface area contributed by atoms with Gasteiger partial charge < -0.3 is 10.6 Å². The van der Waals surface area contributed by atoms with Gasteiger partial charge in [0.25, 0.3) is 0 Å². The van der Waals surface area contributed by atoms with E-state index in [4.69, 9.17) is 0 Å². The van der Waals surface area contributed by atoms with Crippen LogP contribution in [0.5, 0.6) is 0 Å². The summed E-state index contributed by atoms with van der Waals surface area (Å²) in [5, 5.41) is 13.6. The predicted molar refractivity (Wildman–Crippen MR) is 100 cm³/mol. The first kappa shape index (κ1) is 20.9. The number of amides is 1. The zero-order chi connectivity index (χ0) is 15.5. The van der Waals surface area contributed by atoms with Crippen molar-refractivity contribution >= 4 is 42.1 Å². The highest BCUT2D eigenvalue weighted by molar-refractivity contribution is 7.09. The van der Waals surface area contributed by atoms with E-state index in [9.17, 15) is 4.79 Å². The van der Waals surface area contributed by atoms with Gasteiger partial charge in [-0.25, -0.2) is 4.98 Å². The van der Waals surface area contributed by atoms with E-state index >= 15 is 0 Å². The van der Waals surface area contributed by atoms with Crippen LogP contribution in [0, 0.1) is 5.92 Å². The molecule has 2 N–H and O–H groups in total. The Morgan fingerprint density at radius 1 is 1.50 bits per heavy atom. The van der Waals surface area contributed by atoms with E-state index < -0.39 is 0 Å². The third-order valence-corrected chi connectivity index (χ3v) is 5.07. The lowest BCUT2D eigenvalue weighted by atomic mass is 9.90. The van der Waals surface area contributed by atoms with E-state index in [1.54, 1.807) is 22.2 Å². The van der Waals surface area contributed by atoms with Gasteiger partial charge in [-0.15, -0.1) is 36.2 Å². The average Bonchev–Trinajstić information content (AvgIpc) is 3.24. The molecule has 0 spiro atoms. The van der Waals surface area contributed by atoms with Crippen molar-refractivity contribution in [3.8, 4) is 0 Å². The molecular formula is C15H23Cl2N5OS. The van der Waals surface area contributed by atoms with Gasteiger partial charge in [0, 0.05) is 43.8 Å². The van der Waals surface area contributed by atoms with Crippen LogP contribution >= 0.6 is 36.2 Å². The quantitative estimate of drug-likeness (QED) is 0.819. The number of nitrogens with one attached hydrogen (secondary N) is 2. The van der Waals surface area contributed by atoms with Crippen molar-refractivity contribution in [1.29, 1.82) is 0 Å². The van der Waals surface area contributed by atoms with Crippen LogP contribution in [0.1, 0.15) is 35.9 Å². The van der Waals surface area contributed by atoms with Gasteiger partial charge in [-0.1, -0.05) is 6.92 Å². The molecule has 0 radical (unpaired) electrons. The minimum atomic E-state index is -0.0572. The zero-order valence-electron chi connectivity index (χ0n) is 13.6. The van der Waals surface area contributed by atoms with Gasteiger partial charge >= 0.3 is 0 Å². The highest BCUT2D eigenvalue weighted by Crippen LogP contribution is 2.29. The Balaban J connectivity index is 0.00000144. The second-order valence-corrected chi connectivity index (χ2v) is 6.58. The second kappa shape index (κ2) is 9.36. The molecule has 1 unspecified atom stereocenters. The molecule has 2 aromatic rings. The van der Waals surface area contributed by atoms with E-state index in [1.807, 2.05) is 24.8 Å². The summed E-state index contributed by atoms with van der Waals surface area (Å²) in [6.45, 7) is 3.59. The Labute approximate surface area is 158 Å². The molecule has 3 atom stereocenters. The lowest BCUT2D eigenvalue weighted by Crippen LogP contribution is -2.36. The molecule has 0 bridgehead atoms. The maximum atomic E-state index is 12.7. The third-order valence-electron chi connectivity index (χ3n) is 4.18. The molecule has 24 heavy (non-hydrogen) atoms. The minimum Gasteiger partial charge on any atom is -0.347 e. The largest absolute Gasteiger partial charge is 0.347 e. The van der Waals surface area contributed by atoms with Crippen LogP contribution in [-0.2, 0) is 11.8 Å². The van der Waals surface area contributed by atoms with Crippen molar-refractivity contribution in [3.63, 3.8) is 0 Å². The lowest BCUT2D eigenvalue weighted by Gasteiger charge is -2.21. The molecule has 1 aliphatic rings. The van der Waals surface area contributed by atoms with E-state index in [0.29, 0.717) is 6.54 Å². The SMILES string of the molecule is CCC(NC(=O)[C@H]1CNC[C@@H]1c1cnn(C)c1)c1nccs1.Cl.Cl. The van der Waals surface area contributed by atoms with Crippen molar-refractivity contribution in [3.05, 3.63) is 34.5 Å². The summed E-state index contributed by atoms with van der Waals surface area (Å²) >= 11 is 1.59. The van der Waals surface area contributed by atoms with Crippen LogP contribution in [-0.4, -0.2) is 33.8 Å². The average molecular weight is 392 g/mol. The molecule has 0 saturated carbocycles. The van der Waals surface area contributed by atoms with Crippen molar-refractivity contribution in [1.82, 2.24) is 25.4 Å². The fourth-order valence-electron chi connectivity index (χ4n) is 2.96. The summed E-state index contributed by atoms with van der Waals surface area (Å²) in [7, 11) is 1.90. The predicted octanol–water partition coefficient (Wildman–Crippen LogP) is 2.29. The monoisotopic (exact) mass is 391 g/mol. The topological polar surface area (TPSA) is 71.8 Å². The number of hydrogen-bond acceptors (Lipinski definition) is 5. The number of nitrogens with zero attached hydrogens (tertiary/aromatic N) is 3. The molecule has 1 aliphatic heterocycles. The Kier molecular flexibility index (Phi) is 8.15. The summed E-state index contributed by atoms with van der Waals surface area (Å²) in [5.74, 6) is 0.224. The van der Waals surface area contributed by atoms with E-state index in [1.165, 1.54) is 0 Å². The standard InChI is InChI=1S/C15H21N5OS.2ClH/c1-3-13(15-17-4-5-22-15)19-14(21)12-8-16-7-11(12)10-6-18-20(2)9-10;;/h4-6,9,11-13,16H,3,7-8H2,1-2H3,(H,19,21);2*1H/t11-,12+,13?;;/m1../s1. The lowest BCUT2D eigenvalue weighted by molar-refractivity contribution is -0.125. The first-order valence-electron chi connectivity index (χ1n) is 7.58. The summed E-state index contributed by atoms with van der Waals surface area (Å²) in [6, 6.07) is 0.00245. The number of carbonyl (C=O) groups excluding carboxylic acids is 1. The van der Waals surface area contributed by atoms with Gasteiger partial charge in [0.05, 0.1) is 18.2 Å². The first-order valence-corrected chi connectivity index (χ1v) is 8.46. The molecular weight excluding hydrogens is 369 g/mol. The van der Waals surface area contributed by atoms with Crippen molar-refractivity contribution in [2.24, 2.45) is 13.0 Å². The smallest absolute Gasteiger partial charge is 0.225 e. The molecule has 1 amide bonds. The van der Waals surface area contributed by atoms with E-state index in [2.05, 4.69) is 27.6 Å². The van der Waals surface area contributed by atoms with Crippen LogP contribution < -0.4 is 10.6 Å².